The van der Waals surface area contributed by atoms with E-state index in [4.69, 9.17) is 9.47 Å². The highest BCUT2D eigenvalue weighted by molar-refractivity contribution is 5.93. The second-order valence-corrected chi connectivity index (χ2v) is 22.2. The molecule has 388 valence electrons. The van der Waals surface area contributed by atoms with Crippen molar-refractivity contribution in [3.63, 3.8) is 0 Å². The molecule has 0 atom stereocenters. The molecule has 3 heteroatoms. The third-order valence-corrected chi connectivity index (χ3v) is 18.0. The smallest absolute Gasteiger partial charge is 0.132 e. The van der Waals surface area contributed by atoms with Crippen LogP contribution in [0.1, 0.15) is 44.5 Å². The Balaban J connectivity index is 0.785. The zero-order chi connectivity index (χ0) is 54.6. The van der Waals surface area contributed by atoms with Crippen LogP contribution in [-0.2, 0) is 10.8 Å². The van der Waals surface area contributed by atoms with Crippen LogP contribution in [0.4, 0.5) is 17.1 Å². The summed E-state index contributed by atoms with van der Waals surface area (Å²) in [6.45, 7) is 0. The first-order valence-electron chi connectivity index (χ1n) is 28.6. The van der Waals surface area contributed by atoms with Gasteiger partial charge in [0.25, 0.3) is 0 Å². The van der Waals surface area contributed by atoms with E-state index in [2.05, 4.69) is 314 Å². The van der Waals surface area contributed by atoms with E-state index in [0.29, 0.717) is 0 Å². The van der Waals surface area contributed by atoms with Gasteiger partial charge in [0, 0.05) is 39.3 Å². The topological polar surface area (TPSA) is 21.7 Å². The molecular weight excluding hydrogens is 1010 g/mol. The summed E-state index contributed by atoms with van der Waals surface area (Å²) in [4.78, 5) is 2.40. The predicted molar refractivity (Wildman–Crippen MR) is 338 cm³/mol. The van der Waals surface area contributed by atoms with Gasteiger partial charge >= 0.3 is 0 Å². The van der Waals surface area contributed by atoms with Crippen molar-refractivity contribution in [3.05, 3.63) is 354 Å². The highest BCUT2D eigenvalue weighted by Crippen LogP contribution is 2.64. The maximum absolute atomic E-state index is 6.69. The number of anilines is 3. The Morgan fingerprint density at radius 1 is 0.193 bits per heavy atom. The lowest BCUT2D eigenvalue weighted by Crippen LogP contribution is -2.32. The molecule has 83 heavy (non-hydrogen) atoms. The highest BCUT2D eigenvalue weighted by Gasteiger charge is 2.52. The SMILES string of the molecule is c1ccc(-c2cccc(-c3ccc(N(c4ccc(-c5ccc6c(c5)-c5ccccc5C65c6ccccc6Oc6ccccc65)cc4)c4cccc(-c5ccc6c(c5)C5(c7ccccc7Oc7ccccc75)c5ccccc5-6)c4)cc3)c2)cc1. The van der Waals surface area contributed by atoms with E-state index >= 15 is 0 Å². The summed E-state index contributed by atoms with van der Waals surface area (Å²) < 4.78 is 13.3. The van der Waals surface area contributed by atoms with E-state index in [0.717, 1.165) is 79.0 Å². The molecule has 2 aliphatic heterocycles. The fourth-order valence-electron chi connectivity index (χ4n) is 14.5. The van der Waals surface area contributed by atoms with Crippen LogP contribution in [0.3, 0.4) is 0 Å². The Morgan fingerprint density at radius 2 is 0.542 bits per heavy atom. The van der Waals surface area contributed by atoms with E-state index in [9.17, 15) is 0 Å². The number of para-hydroxylation sites is 4. The van der Waals surface area contributed by atoms with Crippen molar-refractivity contribution in [2.45, 2.75) is 10.8 Å². The normalized spacial score (nSPS) is 13.7. The Bertz CT molecular complexity index is 4660. The van der Waals surface area contributed by atoms with Crippen molar-refractivity contribution >= 4 is 17.1 Å². The highest BCUT2D eigenvalue weighted by atomic mass is 16.5. The van der Waals surface area contributed by atoms with Crippen molar-refractivity contribution in [2.24, 2.45) is 0 Å². The molecule has 13 aromatic rings. The molecule has 2 spiro atoms. The molecule has 0 radical (unpaired) electrons. The van der Waals surface area contributed by atoms with Gasteiger partial charge in [-0.2, -0.15) is 0 Å². The first-order valence-corrected chi connectivity index (χ1v) is 28.6. The van der Waals surface area contributed by atoms with Crippen molar-refractivity contribution in [1.82, 2.24) is 0 Å². The second kappa shape index (κ2) is 18.4. The van der Waals surface area contributed by atoms with Crippen LogP contribution in [-0.4, -0.2) is 0 Å². The molecule has 0 amide bonds. The average molecular weight is 1060 g/mol. The maximum Gasteiger partial charge on any atom is 0.132 e. The lowest BCUT2D eigenvalue weighted by Gasteiger charge is -2.39. The monoisotopic (exact) mass is 1060 g/mol. The second-order valence-electron chi connectivity index (χ2n) is 22.2. The van der Waals surface area contributed by atoms with E-state index in [1.54, 1.807) is 0 Å². The fourth-order valence-corrected chi connectivity index (χ4v) is 14.5. The van der Waals surface area contributed by atoms with Gasteiger partial charge in [-0.3, -0.25) is 0 Å². The van der Waals surface area contributed by atoms with Gasteiger partial charge in [0.05, 0.1) is 10.8 Å². The van der Waals surface area contributed by atoms with Gasteiger partial charge in [0.2, 0.25) is 0 Å². The largest absolute Gasteiger partial charge is 0.457 e. The molecular formula is C80H51NO2. The summed E-state index contributed by atoms with van der Waals surface area (Å²) >= 11 is 0. The average Bonchev–Trinajstić information content (AvgIpc) is 1.82. The minimum Gasteiger partial charge on any atom is -0.457 e. The van der Waals surface area contributed by atoms with Crippen LogP contribution >= 0.6 is 0 Å². The number of fused-ring (bicyclic) bond motifs is 18. The number of benzene rings is 13. The molecule has 17 rings (SSSR count). The van der Waals surface area contributed by atoms with Crippen LogP contribution in [0.15, 0.2) is 309 Å². The molecule has 0 bridgehead atoms. The molecule has 0 N–H and O–H groups in total. The Morgan fingerprint density at radius 3 is 1.08 bits per heavy atom. The lowest BCUT2D eigenvalue weighted by molar-refractivity contribution is 0.436. The van der Waals surface area contributed by atoms with Crippen LogP contribution < -0.4 is 14.4 Å². The number of rotatable bonds is 7. The van der Waals surface area contributed by atoms with Crippen LogP contribution in [0.2, 0.25) is 0 Å². The molecule has 0 aromatic heterocycles. The molecule has 13 aromatic carbocycles. The summed E-state index contributed by atoms with van der Waals surface area (Å²) in [7, 11) is 0. The summed E-state index contributed by atoms with van der Waals surface area (Å²) in [6.07, 6.45) is 0. The summed E-state index contributed by atoms with van der Waals surface area (Å²) in [6, 6.07) is 113. The van der Waals surface area contributed by atoms with Gasteiger partial charge in [-0.25, -0.2) is 0 Å². The Labute approximate surface area is 483 Å². The third-order valence-electron chi connectivity index (χ3n) is 18.0. The Hall–Kier alpha value is -10.7. The molecule has 0 unspecified atom stereocenters. The van der Waals surface area contributed by atoms with E-state index in [-0.39, 0.29) is 0 Å². The van der Waals surface area contributed by atoms with Crippen molar-refractivity contribution in [3.8, 4) is 89.8 Å². The summed E-state index contributed by atoms with van der Waals surface area (Å²) in [5.74, 6) is 3.57. The van der Waals surface area contributed by atoms with E-state index in [1.165, 1.54) is 72.3 Å². The first kappa shape index (κ1) is 47.1. The number of nitrogens with zero attached hydrogens (tertiary/aromatic N) is 1. The minimum absolute atomic E-state index is 0.511. The number of hydrogen-bond donors (Lipinski definition) is 0. The van der Waals surface area contributed by atoms with Crippen LogP contribution in [0, 0.1) is 0 Å². The molecule has 0 saturated carbocycles. The van der Waals surface area contributed by atoms with Crippen molar-refractivity contribution < 1.29 is 9.47 Å². The Kier molecular flexibility index (Phi) is 10.4. The first-order chi connectivity index (χ1) is 41.1. The van der Waals surface area contributed by atoms with Crippen LogP contribution in [0.25, 0.3) is 66.8 Å². The molecule has 2 heterocycles. The van der Waals surface area contributed by atoms with Gasteiger partial charge < -0.3 is 14.4 Å². The predicted octanol–water partition coefficient (Wildman–Crippen LogP) is 20.8. The zero-order valence-corrected chi connectivity index (χ0v) is 45.2. The number of ether oxygens (including phenoxy) is 2. The van der Waals surface area contributed by atoms with Crippen molar-refractivity contribution in [2.75, 3.05) is 4.90 Å². The maximum atomic E-state index is 6.69. The van der Waals surface area contributed by atoms with Gasteiger partial charge in [0.15, 0.2) is 0 Å². The van der Waals surface area contributed by atoms with Gasteiger partial charge in [0.1, 0.15) is 23.0 Å². The third kappa shape index (κ3) is 6.98. The molecule has 0 fully saturated rings. The quantitative estimate of drug-likeness (QED) is 0.159. The van der Waals surface area contributed by atoms with E-state index in [1.807, 2.05) is 0 Å². The molecule has 4 aliphatic rings. The van der Waals surface area contributed by atoms with E-state index < -0.39 is 10.8 Å². The van der Waals surface area contributed by atoms with Gasteiger partial charge in [-0.05, 0) is 168 Å². The molecule has 2 aliphatic carbocycles. The summed E-state index contributed by atoms with van der Waals surface area (Å²) in [5, 5.41) is 0. The van der Waals surface area contributed by atoms with Crippen LogP contribution in [0.5, 0.6) is 23.0 Å². The molecule has 3 nitrogen and oxygen atoms in total. The zero-order valence-electron chi connectivity index (χ0n) is 45.2. The number of hydrogen-bond acceptors (Lipinski definition) is 3. The fraction of sp³-hybridized carbons (Fsp3) is 0.0250. The van der Waals surface area contributed by atoms with Crippen molar-refractivity contribution in [1.29, 1.82) is 0 Å². The lowest BCUT2D eigenvalue weighted by atomic mass is 9.66. The standard InChI is InChI=1S/C80H51NO2/c1-2-18-52(19-3-1)55-20-16-21-56(48-55)53-36-42-60(43-37-53)81(61-44-38-54(39-45-61)58-41-47-69-66(50-58)64-25-5-7-27-68(64)79(69)70-28-8-12-32-75(70)82-76-33-13-9-29-71(76)79)62-23-17-22-57(49-62)59-40-46-65-63-24-4-6-26-67(63)80(74(65)51-59)72-30-10-14-34-77(72)83-78-35-15-11-31-73(78)80/h1-51H. The van der Waals surface area contributed by atoms with Gasteiger partial charge in [-0.15, -0.1) is 0 Å². The molecule has 0 saturated heterocycles. The van der Waals surface area contributed by atoms with Gasteiger partial charge in [-0.1, -0.05) is 231 Å². The summed E-state index contributed by atoms with van der Waals surface area (Å²) in [5.41, 5.74) is 26.2. The minimum atomic E-state index is -0.563.